The largest absolute Gasteiger partial charge is 0.326 e. The van der Waals surface area contributed by atoms with Crippen molar-refractivity contribution in [1.29, 1.82) is 0 Å². The summed E-state index contributed by atoms with van der Waals surface area (Å²) in [4.78, 5) is 1.15. The molecule has 1 heterocycles. The zero-order valence-electron chi connectivity index (χ0n) is 9.66. The predicted octanol–water partition coefficient (Wildman–Crippen LogP) is 2.05. The Labute approximate surface area is 114 Å². The Balaban J connectivity index is 2.23. The summed E-state index contributed by atoms with van der Waals surface area (Å²) in [5.74, 6) is 0. The standard InChI is InChI=1S/C10H15BrN2O2S2/c1-10(2)4-8(10)13-17(14,15)7-3-6(5-12)16-9(7)11/h3,8,13H,4-5,12H2,1-2H3. The molecule has 2 rings (SSSR count). The first-order chi connectivity index (χ1) is 7.76. The van der Waals surface area contributed by atoms with Gasteiger partial charge in [-0.25, -0.2) is 13.1 Å². The van der Waals surface area contributed by atoms with Crippen LogP contribution in [0.2, 0.25) is 0 Å². The van der Waals surface area contributed by atoms with Gasteiger partial charge in [-0.2, -0.15) is 0 Å². The van der Waals surface area contributed by atoms with E-state index in [2.05, 4.69) is 20.7 Å². The number of rotatable bonds is 4. The van der Waals surface area contributed by atoms with Crippen LogP contribution < -0.4 is 10.5 Å². The molecular weight excluding hydrogens is 324 g/mol. The van der Waals surface area contributed by atoms with E-state index in [1.54, 1.807) is 6.07 Å². The van der Waals surface area contributed by atoms with E-state index in [9.17, 15) is 8.42 Å². The summed E-state index contributed by atoms with van der Waals surface area (Å²) in [7, 11) is -3.43. The summed E-state index contributed by atoms with van der Waals surface area (Å²) in [6, 6.07) is 1.67. The minimum Gasteiger partial charge on any atom is -0.326 e. The molecule has 1 atom stereocenters. The van der Waals surface area contributed by atoms with E-state index in [0.29, 0.717) is 15.2 Å². The van der Waals surface area contributed by atoms with Gasteiger partial charge in [0.1, 0.15) is 4.90 Å². The molecule has 17 heavy (non-hydrogen) atoms. The summed E-state index contributed by atoms with van der Waals surface area (Å²) >= 11 is 4.64. The minimum absolute atomic E-state index is 0.0422. The molecule has 1 aliphatic carbocycles. The fourth-order valence-electron chi connectivity index (χ4n) is 1.60. The molecule has 96 valence electrons. The van der Waals surface area contributed by atoms with Crippen molar-refractivity contribution in [2.24, 2.45) is 11.1 Å². The fourth-order valence-corrected chi connectivity index (χ4v) is 5.57. The molecule has 7 heteroatoms. The second-order valence-electron chi connectivity index (χ2n) is 4.92. The molecule has 0 aliphatic heterocycles. The van der Waals surface area contributed by atoms with Crippen LogP contribution >= 0.6 is 27.3 Å². The van der Waals surface area contributed by atoms with Gasteiger partial charge in [0.05, 0.1) is 3.79 Å². The molecular formula is C10H15BrN2O2S2. The second kappa shape index (κ2) is 4.31. The SMILES string of the molecule is CC1(C)CC1NS(=O)(=O)c1cc(CN)sc1Br. The van der Waals surface area contributed by atoms with E-state index < -0.39 is 10.0 Å². The Bertz CT molecular complexity index is 537. The first kappa shape index (κ1) is 13.5. The smallest absolute Gasteiger partial charge is 0.242 e. The minimum atomic E-state index is -3.43. The van der Waals surface area contributed by atoms with Crippen molar-refractivity contribution < 1.29 is 8.42 Å². The van der Waals surface area contributed by atoms with Crippen LogP contribution in [0.15, 0.2) is 14.7 Å². The van der Waals surface area contributed by atoms with E-state index in [1.807, 2.05) is 13.8 Å². The molecule has 0 spiro atoms. The average Bonchev–Trinajstić information content (AvgIpc) is 2.62. The van der Waals surface area contributed by atoms with Crippen molar-refractivity contribution in [1.82, 2.24) is 4.72 Å². The van der Waals surface area contributed by atoms with E-state index in [4.69, 9.17) is 5.73 Å². The van der Waals surface area contributed by atoms with E-state index in [1.165, 1.54) is 11.3 Å². The fraction of sp³-hybridized carbons (Fsp3) is 0.600. The van der Waals surface area contributed by atoms with Crippen LogP contribution in [0.25, 0.3) is 0 Å². The molecule has 0 saturated heterocycles. The van der Waals surface area contributed by atoms with Gasteiger partial charge in [-0.3, -0.25) is 0 Å². The van der Waals surface area contributed by atoms with Crippen LogP contribution in [0.4, 0.5) is 0 Å². The van der Waals surface area contributed by atoms with Crippen molar-refractivity contribution in [3.63, 3.8) is 0 Å². The Morgan fingerprint density at radius 1 is 1.65 bits per heavy atom. The number of nitrogens with one attached hydrogen (secondary N) is 1. The molecule has 0 amide bonds. The first-order valence-corrected chi connectivity index (χ1v) is 8.36. The van der Waals surface area contributed by atoms with Gasteiger partial charge in [0.2, 0.25) is 10.0 Å². The third kappa shape index (κ3) is 2.73. The lowest BCUT2D eigenvalue weighted by Crippen LogP contribution is -2.28. The third-order valence-electron chi connectivity index (χ3n) is 3.01. The average molecular weight is 339 g/mol. The van der Waals surface area contributed by atoms with Gasteiger partial charge in [0.25, 0.3) is 0 Å². The summed E-state index contributed by atoms with van der Waals surface area (Å²) in [5.41, 5.74) is 5.58. The van der Waals surface area contributed by atoms with Crippen molar-refractivity contribution in [3.8, 4) is 0 Å². The van der Waals surface area contributed by atoms with E-state index in [-0.39, 0.29) is 11.5 Å². The number of halogens is 1. The Kier molecular flexibility index (Phi) is 3.42. The maximum absolute atomic E-state index is 12.1. The summed E-state index contributed by atoms with van der Waals surface area (Å²) in [6.07, 6.45) is 0.887. The summed E-state index contributed by atoms with van der Waals surface area (Å²) < 4.78 is 27.6. The van der Waals surface area contributed by atoms with Crippen LogP contribution in [0.1, 0.15) is 25.1 Å². The van der Waals surface area contributed by atoms with Gasteiger partial charge in [-0.1, -0.05) is 13.8 Å². The Morgan fingerprint density at radius 3 is 2.65 bits per heavy atom. The highest BCUT2D eigenvalue weighted by Gasteiger charge is 2.48. The lowest BCUT2D eigenvalue weighted by atomic mass is 10.2. The molecule has 1 saturated carbocycles. The monoisotopic (exact) mass is 338 g/mol. The number of thiophene rings is 1. The number of hydrogen-bond acceptors (Lipinski definition) is 4. The molecule has 1 aromatic heterocycles. The molecule has 0 aromatic carbocycles. The molecule has 1 unspecified atom stereocenters. The molecule has 0 bridgehead atoms. The lowest BCUT2D eigenvalue weighted by molar-refractivity contribution is 0.555. The van der Waals surface area contributed by atoms with E-state index in [0.717, 1.165) is 11.3 Å². The zero-order valence-corrected chi connectivity index (χ0v) is 12.9. The van der Waals surface area contributed by atoms with Gasteiger partial charge < -0.3 is 5.73 Å². The molecule has 0 radical (unpaired) electrons. The topological polar surface area (TPSA) is 72.2 Å². The second-order valence-corrected chi connectivity index (χ2v) is 9.06. The number of nitrogens with two attached hydrogens (primary N) is 1. The maximum atomic E-state index is 12.1. The van der Waals surface area contributed by atoms with Gasteiger partial charge in [-0.05, 0) is 33.8 Å². The highest BCUT2D eigenvalue weighted by atomic mass is 79.9. The van der Waals surface area contributed by atoms with Crippen LogP contribution in [-0.4, -0.2) is 14.5 Å². The van der Waals surface area contributed by atoms with Gasteiger partial charge >= 0.3 is 0 Å². The molecule has 1 fully saturated rings. The normalized spacial score (nSPS) is 22.7. The summed E-state index contributed by atoms with van der Waals surface area (Å²) in [6.45, 7) is 4.45. The van der Waals surface area contributed by atoms with Gasteiger partial charge in [0, 0.05) is 17.5 Å². The quantitative estimate of drug-likeness (QED) is 0.882. The summed E-state index contributed by atoms with van der Waals surface area (Å²) in [5, 5.41) is 0. The molecule has 4 nitrogen and oxygen atoms in total. The number of hydrogen-bond donors (Lipinski definition) is 2. The lowest BCUT2D eigenvalue weighted by Gasteiger charge is -2.07. The van der Waals surface area contributed by atoms with Crippen LogP contribution in [-0.2, 0) is 16.6 Å². The van der Waals surface area contributed by atoms with Crippen molar-refractivity contribution in [2.45, 2.75) is 37.8 Å². The van der Waals surface area contributed by atoms with Crippen molar-refractivity contribution >= 4 is 37.3 Å². The van der Waals surface area contributed by atoms with Crippen LogP contribution in [0.3, 0.4) is 0 Å². The van der Waals surface area contributed by atoms with Crippen molar-refractivity contribution in [3.05, 3.63) is 14.7 Å². The van der Waals surface area contributed by atoms with Gasteiger partial charge in [-0.15, -0.1) is 11.3 Å². The van der Waals surface area contributed by atoms with E-state index >= 15 is 0 Å². The molecule has 3 N–H and O–H groups in total. The third-order valence-corrected chi connectivity index (χ3v) is 6.75. The Hall–Kier alpha value is 0.0500. The van der Waals surface area contributed by atoms with Gasteiger partial charge in [0.15, 0.2) is 0 Å². The van der Waals surface area contributed by atoms with Crippen molar-refractivity contribution in [2.75, 3.05) is 0 Å². The van der Waals surface area contributed by atoms with Crippen LogP contribution in [0, 0.1) is 5.41 Å². The first-order valence-electron chi connectivity index (χ1n) is 5.27. The maximum Gasteiger partial charge on any atom is 0.242 e. The Morgan fingerprint density at radius 2 is 2.24 bits per heavy atom. The highest BCUT2D eigenvalue weighted by Crippen LogP contribution is 2.45. The molecule has 1 aliphatic rings. The zero-order chi connectivity index (χ0) is 12.8. The van der Waals surface area contributed by atoms with Crippen LogP contribution in [0.5, 0.6) is 0 Å². The molecule has 1 aromatic rings. The number of sulfonamides is 1. The highest BCUT2D eigenvalue weighted by molar-refractivity contribution is 9.11. The predicted molar refractivity (Wildman–Crippen MR) is 72.4 cm³/mol.